The Kier molecular flexibility index (Phi) is 5.90. The van der Waals surface area contributed by atoms with Crippen molar-refractivity contribution in [3.05, 3.63) is 46.6 Å². The Morgan fingerprint density at radius 3 is 3.04 bits per heavy atom. The number of nitrogens with one attached hydrogen (secondary N) is 3. The lowest BCUT2D eigenvalue weighted by Crippen LogP contribution is -2.34. The molecular weight excluding hydrogens is 370 g/mol. The number of anilines is 3. The van der Waals surface area contributed by atoms with E-state index in [1.165, 1.54) is 13.3 Å². The van der Waals surface area contributed by atoms with Crippen LogP contribution in [0, 0.1) is 0 Å². The van der Waals surface area contributed by atoms with Gasteiger partial charge >= 0.3 is 0 Å². The van der Waals surface area contributed by atoms with E-state index in [-0.39, 0.29) is 18.6 Å². The summed E-state index contributed by atoms with van der Waals surface area (Å²) in [7, 11) is 1.44. The lowest BCUT2D eigenvalue weighted by Gasteiger charge is -2.28. The smallest absolute Gasteiger partial charge is 0.251 e. The van der Waals surface area contributed by atoms with E-state index in [1.807, 2.05) is 25.1 Å². The number of rotatable bonds is 6. The fourth-order valence-corrected chi connectivity index (χ4v) is 2.90. The van der Waals surface area contributed by atoms with Crippen LogP contribution >= 0.6 is 11.6 Å². The van der Waals surface area contributed by atoms with Gasteiger partial charge in [-0.05, 0) is 42.8 Å². The molecule has 2 aromatic rings. The van der Waals surface area contributed by atoms with Crippen LogP contribution in [0.3, 0.4) is 0 Å². The van der Waals surface area contributed by atoms with Crippen molar-refractivity contribution >= 4 is 41.0 Å². The number of nitrogens with zero attached hydrogens (tertiary/aromatic N) is 2. The van der Waals surface area contributed by atoms with E-state index in [4.69, 9.17) is 16.3 Å². The summed E-state index contributed by atoms with van der Waals surface area (Å²) in [5, 5.41) is 19.8. The predicted octanol–water partition coefficient (Wildman–Crippen LogP) is 2.34. The minimum absolute atomic E-state index is 0.0596. The molecule has 0 radical (unpaired) electrons. The molecule has 0 saturated heterocycles. The van der Waals surface area contributed by atoms with Crippen LogP contribution < -0.4 is 16.0 Å². The number of hydrogen-bond donors (Lipinski definition) is 4. The molecule has 1 aliphatic heterocycles. The van der Waals surface area contributed by atoms with Crippen LogP contribution in [0.2, 0.25) is 5.02 Å². The lowest BCUT2D eigenvalue weighted by atomic mass is 9.98. The number of fused-ring (bicyclic) bond motifs is 1. The monoisotopic (exact) mass is 389 g/mol. The molecule has 2 atom stereocenters. The largest absolute Gasteiger partial charge is 0.375 e. The fraction of sp³-hybridized carbons (Fsp3) is 0.278. The highest BCUT2D eigenvalue weighted by Crippen LogP contribution is 2.30. The highest BCUT2D eigenvalue weighted by Gasteiger charge is 2.23. The Morgan fingerprint density at radius 2 is 2.26 bits per heavy atom. The summed E-state index contributed by atoms with van der Waals surface area (Å²) < 4.78 is 4.78. The standard InChI is InChI=1S/C18H20ClN5O3/c1-10(13-8-11-7-12(19)3-4-14(11)22-17(13)26)21-18-20-6-5-15(24-18)23-16(25)9-27-2/h3-8,10,17,22,26H,9H2,1-2H3,(H2,20,21,23,24,25)/t10-,17?/m0/s1. The number of carbonyl (C=O) groups is 1. The third-order valence-electron chi connectivity index (χ3n) is 3.99. The summed E-state index contributed by atoms with van der Waals surface area (Å²) in [5.74, 6) is 0.371. The topological polar surface area (TPSA) is 108 Å². The molecule has 2 heterocycles. The van der Waals surface area contributed by atoms with Crippen molar-refractivity contribution < 1.29 is 14.6 Å². The quantitative estimate of drug-likeness (QED) is 0.600. The van der Waals surface area contributed by atoms with Gasteiger partial charge in [-0.25, -0.2) is 4.98 Å². The molecule has 1 aromatic carbocycles. The normalized spacial score (nSPS) is 16.6. The second-order valence-electron chi connectivity index (χ2n) is 6.04. The van der Waals surface area contributed by atoms with Gasteiger partial charge in [-0.3, -0.25) is 4.79 Å². The Hall–Kier alpha value is -2.68. The summed E-state index contributed by atoms with van der Waals surface area (Å²) >= 11 is 6.05. The van der Waals surface area contributed by atoms with Crippen molar-refractivity contribution in [3.63, 3.8) is 0 Å². The number of aromatic nitrogens is 2. The van der Waals surface area contributed by atoms with Crippen molar-refractivity contribution in [2.24, 2.45) is 0 Å². The summed E-state index contributed by atoms with van der Waals surface area (Å²) in [6, 6.07) is 6.71. The number of amides is 1. The molecule has 0 aliphatic carbocycles. The van der Waals surface area contributed by atoms with Gasteiger partial charge in [0.25, 0.3) is 5.91 Å². The molecule has 4 N–H and O–H groups in total. The second-order valence-corrected chi connectivity index (χ2v) is 6.47. The number of carbonyl (C=O) groups excluding carboxylic acids is 1. The van der Waals surface area contributed by atoms with Crippen molar-refractivity contribution in [2.45, 2.75) is 19.2 Å². The zero-order valence-corrected chi connectivity index (χ0v) is 15.6. The molecule has 0 spiro atoms. The van der Waals surface area contributed by atoms with E-state index in [0.717, 1.165) is 11.3 Å². The molecule has 1 aromatic heterocycles. The third kappa shape index (κ3) is 4.73. The number of ether oxygens (including phenoxy) is 1. The molecule has 27 heavy (non-hydrogen) atoms. The Labute approximate surface area is 161 Å². The predicted molar refractivity (Wildman–Crippen MR) is 105 cm³/mol. The van der Waals surface area contributed by atoms with Crippen LogP contribution in [-0.4, -0.2) is 47.0 Å². The van der Waals surface area contributed by atoms with Gasteiger partial charge in [0.15, 0.2) is 0 Å². The molecule has 3 rings (SSSR count). The van der Waals surface area contributed by atoms with Gasteiger partial charge in [-0.2, -0.15) is 4.98 Å². The first-order valence-corrected chi connectivity index (χ1v) is 8.68. The van der Waals surface area contributed by atoms with E-state index >= 15 is 0 Å². The first kappa shape index (κ1) is 19.1. The molecule has 0 bridgehead atoms. The van der Waals surface area contributed by atoms with Crippen LogP contribution in [0.15, 0.2) is 36.0 Å². The van der Waals surface area contributed by atoms with Gasteiger partial charge in [0.05, 0.1) is 6.04 Å². The average molecular weight is 390 g/mol. The van der Waals surface area contributed by atoms with Gasteiger partial charge in [0.1, 0.15) is 18.7 Å². The van der Waals surface area contributed by atoms with Crippen molar-refractivity contribution in [3.8, 4) is 0 Å². The first-order chi connectivity index (χ1) is 13.0. The maximum Gasteiger partial charge on any atom is 0.251 e. The number of aliphatic hydroxyl groups is 1. The summed E-state index contributed by atoms with van der Waals surface area (Å²) in [5.41, 5.74) is 2.40. The van der Waals surface area contributed by atoms with Gasteiger partial charge in [-0.1, -0.05) is 11.6 Å². The molecule has 0 fully saturated rings. The number of hydrogen-bond acceptors (Lipinski definition) is 7. The van der Waals surface area contributed by atoms with Gasteiger partial charge < -0.3 is 25.8 Å². The number of benzene rings is 1. The van der Waals surface area contributed by atoms with Crippen molar-refractivity contribution in [2.75, 3.05) is 29.7 Å². The van der Waals surface area contributed by atoms with Crippen LogP contribution in [0.25, 0.3) is 6.08 Å². The Bertz CT molecular complexity index is 874. The molecule has 9 heteroatoms. The van der Waals surface area contributed by atoms with E-state index in [2.05, 4.69) is 25.9 Å². The van der Waals surface area contributed by atoms with Crippen molar-refractivity contribution in [1.29, 1.82) is 0 Å². The Morgan fingerprint density at radius 1 is 1.44 bits per heavy atom. The minimum Gasteiger partial charge on any atom is -0.375 e. The lowest BCUT2D eigenvalue weighted by molar-refractivity contribution is -0.119. The molecule has 8 nitrogen and oxygen atoms in total. The van der Waals surface area contributed by atoms with Gasteiger partial charge in [0.2, 0.25) is 5.95 Å². The molecule has 0 saturated carbocycles. The maximum atomic E-state index is 11.6. The van der Waals surface area contributed by atoms with E-state index in [1.54, 1.807) is 12.1 Å². The highest BCUT2D eigenvalue weighted by molar-refractivity contribution is 6.30. The molecule has 1 amide bonds. The maximum absolute atomic E-state index is 11.6. The van der Waals surface area contributed by atoms with Crippen LogP contribution in [-0.2, 0) is 9.53 Å². The summed E-state index contributed by atoms with van der Waals surface area (Å²) in [4.78, 5) is 20.0. The summed E-state index contributed by atoms with van der Waals surface area (Å²) in [6.07, 6.45) is 2.55. The van der Waals surface area contributed by atoms with E-state index in [9.17, 15) is 9.90 Å². The summed E-state index contributed by atoms with van der Waals surface area (Å²) in [6.45, 7) is 1.82. The van der Waals surface area contributed by atoms with Crippen LogP contribution in [0.4, 0.5) is 17.5 Å². The highest BCUT2D eigenvalue weighted by atomic mass is 35.5. The number of aliphatic hydroxyl groups excluding tert-OH is 1. The first-order valence-electron chi connectivity index (χ1n) is 8.30. The van der Waals surface area contributed by atoms with Crippen LogP contribution in [0.5, 0.6) is 0 Å². The SMILES string of the molecule is COCC(=O)Nc1ccnc(N[C@@H](C)C2=Cc3cc(Cl)ccc3NC2O)n1. The van der Waals surface area contributed by atoms with Gasteiger partial charge in [0, 0.05) is 29.6 Å². The average Bonchev–Trinajstić information content (AvgIpc) is 2.62. The molecule has 142 valence electrons. The number of methoxy groups -OCH3 is 1. The van der Waals surface area contributed by atoms with E-state index in [0.29, 0.717) is 22.4 Å². The third-order valence-corrected chi connectivity index (χ3v) is 4.22. The van der Waals surface area contributed by atoms with Crippen molar-refractivity contribution in [1.82, 2.24) is 9.97 Å². The number of halogens is 1. The van der Waals surface area contributed by atoms with Gasteiger partial charge in [-0.15, -0.1) is 0 Å². The zero-order valence-electron chi connectivity index (χ0n) is 14.9. The van der Waals surface area contributed by atoms with E-state index < -0.39 is 6.23 Å². The molecule has 1 aliphatic rings. The molecule has 1 unspecified atom stereocenters. The second kappa shape index (κ2) is 8.34. The minimum atomic E-state index is -0.856. The molecular formula is C18H20ClN5O3. The fourth-order valence-electron chi connectivity index (χ4n) is 2.72. The Balaban J connectivity index is 1.75. The van der Waals surface area contributed by atoms with Crippen LogP contribution in [0.1, 0.15) is 12.5 Å². The zero-order chi connectivity index (χ0) is 19.4.